The van der Waals surface area contributed by atoms with Crippen molar-refractivity contribution in [1.29, 1.82) is 0 Å². The summed E-state index contributed by atoms with van der Waals surface area (Å²) in [4.78, 5) is 4.39. The zero-order valence-corrected chi connectivity index (χ0v) is 11.3. The monoisotopic (exact) mass is 244 g/mol. The quantitative estimate of drug-likeness (QED) is 0.877. The Balaban J connectivity index is 2.36. The number of hydrogen-bond acceptors (Lipinski definition) is 3. The summed E-state index contributed by atoms with van der Waals surface area (Å²) in [5.41, 5.74) is 3.68. The average Bonchev–Trinajstić information content (AvgIpc) is 2.79. The van der Waals surface area contributed by atoms with Crippen LogP contribution in [0.1, 0.15) is 30.7 Å². The van der Waals surface area contributed by atoms with Crippen molar-refractivity contribution in [1.82, 2.24) is 20.1 Å². The molecule has 4 nitrogen and oxygen atoms in total. The summed E-state index contributed by atoms with van der Waals surface area (Å²) in [6, 6.07) is 4.06. The van der Waals surface area contributed by atoms with Crippen LogP contribution in [0, 0.1) is 6.92 Å². The summed E-state index contributed by atoms with van der Waals surface area (Å²) >= 11 is 0. The lowest BCUT2D eigenvalue weighted by Crippen LogP contribution is -2.13. The van der Waals surface area contributed by atoms with Gasteiger partial charge in [0.2, 0.25) is 0 Å². The van der Waals surface area contributed by atoms with Gasteiger partial charge in [-0.1, -0.05) is 13.8 Å². The third-order valence-electron chi connectivity index (χ3n) is 2.97. The second-order valence-corrected chi connectivity index (χ2v) is 4.35. The molecule has 0 amide bonds. The summed E-state index contributed by atoms with van der Waals surface area (Å²) < 4.78 is 1.94. The molecule has 2 aromatic heterocycles. The lowest BCUT2D eigenvalue weighted by Gasteiger charge is -2.08. The zero-order valence-electron chi connectivity index (χ0n) is 11.3. The van der Waals surface area contributed by atoms with E-state index in [1.807, 2.05) is 23.1 Å². The average molecular weight is 244 g/mol. The van der Waals surface area contributed by atoms with Crippen molar-refractivity contribution in [3.05, 3.63) is 41.3 Å². The molecule has 0 aliphatic heterocycles. The molecule has 1 N–H and O–H groups in total. The standard InChI is InChI=1S/C14H20N4/c1-4-13-12(9-15-5-2)10-17-18(13)14-8-11(3)6-7-16-14/h6-8,10,15H,4-5,9H2,1-3H3. The van der Waals surface area contributed by atoms with Crippen LogP contribution in [0.5, 0.6) is 0 Å². The Bertz CT molecular complexity index is 516. The van der Waals surface area contributed by atoms with Gasteiger partial charge >= 0.3 is 0 Å². The van der Waals surface area contributed by atoms with E-state index in [0.29, 0.717) is 0 Å². The van der Waals surface area contributed by atoms with E-state index in [0.717, 1.165) is 25.3 Å². The van der Waals surface area contributed by atoms with Crippen molar-refractivity contribution in [3.8, 4) is 5.82 Å². The van der Waals surface area contributed by atoms with Crippen LogP contribution in [0.15, 0.2) is 24.5 Å². The van der Waals surface area contributed by atoms with Gasteiger partial charge in [-0.25, -0.2) is 9.67 Å². The third-order valence-corrected chi connectivity index (χ3v) is 2.97. The molecule has 2 rings (SSSR count). The normalized spacial score (nSPS) is 10.8. The van der Waals surface area contributed by atoms with Crippen molar-refractivity contribution in [2.75, 3.05) is 6.54 Å². The Morgan fingerprint density at radius 1 is 1.33 bits per heavy atom. The molecule has 0 atom stereocenters. The van der Waals surface area contributed by atoms with Gasteiger partial charge in [-0.3, -0.25) is 0 Å². The predicted molar refractivity (Wildman–Crippen MR) is 72.9 cm³/mol. The molecule has 0 radical (unpaired) electrons. The molecule has 4 heteroatoms. The van der Waals surface area contributed by atoms with E-state index in [1.165, 1.54) is 16.8 Å². The van der Waals surface area contributed by atoms with Crippen molar-refractivity contribution < 1.29 is 0 Å². The molecular formula is C14H20N4. The zero-order chi connectivity index (χ0) is 13.0. The molecule has 0 spiro atoms. The number of rotatable bonds is 5. The molecular weight excluding hydrogens is 224 g/mol. The third kappa shape index (κ3) is 2.59. The molecule has 0 unspecified atom stereocenters. The number of nitrogens with one attached hydrogen (secondary N) is 1. The van der Waals surface area contributed by atoms with E-state index in [2.05, 4.69) is 42.2 Å². The first-order valence-corrected chi connectivity index (χ1v) is 6.45. The van der Waals surface area contributed by atoms with Gasteiger partial charge in [-0.15, -0.1) is 0 Å². The summed E-state index contributed by atoms with van der Waals surface area (Å²) in [6.07, 6.45) is 4.72. The minimum Gasteiger partial charge on any atom is -0.313 e. The molecule has 18 heavy (non-hydrogen) atoms. The molecule has 0 saturated carbocycles. The molecule has 96 valence electrons. The van der Waals surface area contributed by atoms with Gasteiger partial charge in [0.05, 0.1) is 11.9 Å². The SMILES string of the molecule is CCNCc1cnn(-c2cc(C)ccn2)c1CC. The lowest BCUT2D eigenvalue weighted by atomic mass is 10.2. The number of pyridine rings is 1. The Morgan fingerprint density at radius 2 is 2.17 bits per heavy atom. The van der Waals surface area contributed by atoms with E-state index in [-0.39, 0.29) is 0 Å². The van der Waals surface area contributed by atoms with E-state index in [9.17, 15) is 0 Å². The van der Waals surface area contributed by atoms with E-state index in [1.54, 1.807) is 0 Å². The van der Waals surface area contributed by atoms with Gasteiger partial charge in [-0.05, 0) is 37.6 Å². The van der Waals surface area contributed by atoms with Gasteiger partial charge in [0.25, 0.3) is 0 Å². The van der Waals surface area contributed by atoms with E-state index >= 15 is 0 Å². The largest absolute Gasteiger partial charge is 0.313 e. The second-order valence-electron chi connectivity index (χ2n) is 4.35. The Hall–Kier alpha value is -1.68. The van der Waals surface area contributed by atoms with Crippen molar-refractivity contribution in [2.45, 2.75) is 33.7 Å². The maximum absolute atomic E-state index is 4.47. The molecule has 0 aromatic carbocycles. The highest BCUT2D eigenvalue weighted by Gasteiger charge is 2.10. The van der Waals surface area contributed by atoms with Crippen LogP contribution >= 0.6 is 0 Å². The summed E-state index contributed by atoms with van der Waals surface area (Å²) in [5, 5.41) is 7.81. The second kappa shape index (κ2) is 5.78. The van der Waals surface area contributed by atoms with Gasteiger partial charge in [0, 0.05) is 18.3 Å². The number of hydrogen-bond donors (Lipinski definition) is 1. The van der Waals surface area contributed by atoms with Gasteiger partial charge < -0.3 is 5.32 Å². The molecule has 0 aliphatic carbocycles. The molecule has 0 saturated heterocycles. The van der Waals surface area contributed by atoms with Crippen molar-refractivity contribution in [2.24, 2.45) is 0 Å². The Kier molecular flexibility index (Phi) is 4.10. The highest BCUT2D eigenvalue weighted by Crippen LogP contribution is 2.14. The van der Waals surface area contributed by atoms with Crippen molar-refractivity contribution in [3.63, 3.8) is 0 Å². The van der Waals surface area contributed by atoms with E-state index < -0.39 is 0 Å². The minimum absolute atomic E-state index is 0.867. The van der Waals surface area contributed by atoms with Crippen molar-refractivity contribution >= 4 is 0 Å². The molecule has 2 heterocycles. The van der Waals surface area contributed by atoms with Crippen LogP contribution < -0.4 is 5.32 Å². The Labute approximate surface area is 108 Å². The fourth-order valence-corrected chi connectivity index (χ4v) is 2.03. The molecule has 2 aromatic rings. The lowest BCUT2D eigenvalue weighted by molar-refractivity contribution is 0.714. The summed E-state index contributed by atoms with van der Waals surface area (Å²) in [5.74, 6) is 0.898. The van der Waals surface area contributed by atoms with Crippen LogP contribution in [0.4, 0.5) is 0 Å². The first-order valence-electron chi connectivity index (χ1n) is 6.45. The first kappa shape index (κ1) is 12.8. The number of aromatic nitrogens is 3. The van der Waals surface area contributed by atoms with Gasteiger partial charge in [-0.2, -0.15) is 5.10 Å². The minimum atomic E-state index is 0.867. The number of nitrogens with zero attached hydrogens (tertiary/aromatic N) is 3. The van der Waals surface area contributed by atoms with Gasteiger partial charge in [0.15, 0.2) is 5.82 Å². The summed E-state index contributed by atoms with van der Waals surface area (Å²) in [6.45, 7) is 8.17. The smallest absolute Gasteiger partial charge is 0.153 e. The molecule has 0 fully saturated rings. The fraction of sp³-hybridized carbons (Fsp3) is 0.429. The van der Waals surface area contributed by atoms with Gasteiger partial charge in [0.1, 0.15) is 0 Å². The van der Waals surface area contributed by atoms with E-state index in [4.69, 9.17) is 0 Å². The maximum Gasteiger partial charge on any atom is 0.153 e. The maximum atomic E-state index is 4.47. The Morgan fingerprint density at radius 3 is 2.83 bits per heavy atom. The highest BCUT2D eigenvalue weighted by molar-refractivity contribution is 5.31. The fourth-order valence-electron chi connectivity index (χ4n) is 2.03. The number of aryl methyl sites for hydroxylation is 1. The highest BCUT2D eigenvalue weighted by atomic mass is 15.3. The first-order chi connectivity index (χ1) is 8.76. The van der Waals surface area contributed by atoms with Crippen LogP contribution in [0.25, 0.3) is 5.82 Å². The van der Waals surface area contributed by atoms with Crippen LogP contribution in [0.2, 0.25) is 0 Å². The topological polar surface area (TPSA) is 42.7 Å². The molecule has 0 bridgehead atoms. The van der Waals surface area contributed by atoms with Crippen LogP contribution in [-0.4, -0.2) is 21.3 Å². The summed E-state index contributed by atoms with van der Waals surface area (Å²) in [7, 11) is 0. The van der Waals surface area contributed by atoms with Crippen LogP contribution in [-0.2, 0) is 13.0 Å². The predicted octanol–water partition coefficient (Wildman–Crippen LogP) is 2.25. The molecule has 0 aliphatic rings. The van der Waals surface area contributed by atoms with Crippen LogP contribution in [0.3, 0.4) is 0 Å².